The van der Waals surface area contributed by atoms with Crippen molar-refractivity contribution in [3.63, 3.8) is 0 Å². The Morgan fingerprint density at radius 3 is 2.80 bits per heavy atom. The average molecular weight is 227 g/mol. The van der Waals surface area contributed by atoms with Gasteiger partial charge in [0.15, 0.2) is 0 Å². The lowest BCUT2D eigenvalue weighted by Gasteiger charge is -2.08. The third kappa shape index (κ3) is 2.27. The molecule has 1 aromatic carbocycles. The van der Waals surface area contributed by atoms with Gasteiger partial charge >= 0.3 is 5.97 Å². The van der Waals surface area contributed by atoms with Gasteiger partial charge in [0.25, 0.3) is 0 Å². The molecule has 15 heavy (non-hydrogen) atoms. The Bertz CT molecular complexity index is 416. The fourth-order valence-corrected chi connectivity index (χ4v) is 1.43. The molecule has 0 atom stereocenters. The van der Waals surface area contributed by atoms with Gasteiger partial charge in [-0.15, -0.1) is 0 Å². The summed E-state index contributed by atoms with van der Waals surface area (Å²) in [6.07, 6.45) is 1.48. The van der Waals surface area contributed by atoms with Crippen LogP contribution in [0.2, 0.25) is 5.02 Å². The zero-order chi connectivity index (χ0) is 11.4. The summed E-state index contributed by atoms with van der Waals surface area (Å²) in [5.41, 5.74) is 6.87. The van der Waals surface area contributed by atoms with Crippen LogP contribution in [-0.2, 0) is 4.74 Å². The predicted octanol–water partition coefficient (Wildman–Crippen LogP) is 1.76. The number of hydrogen-bond donors (Lipinski definition) is 1. The Kier molecular flexibility index (Phi) is 3.68. The highest BCUT2D eigenvalue weighted by atomic mass is 35.5. The summed E-state index contributed by atoms with van der Waals surface area (Å²) in [6.45, 7) is 0. The smallest absolute Gasteiger partial charge is 0.340 e. The molecule has 80 valence electrons. The molecule has 0 saturated carbocycles. The second-order valence-electron chi connectivity index (χ2n) is 2.80. The van der Waals surface area contributed by atoms with E-state index in [2.05, 4.69) is 9.73 Å². The fourth-order valence-electron chi connectivity index (χ4n) is 1.19. The molecular formula is C10H11ClN2O2. The standard InChI is InChI=1S/C10H11ClN2O2/c1-13-5-6-8(12)4-3-7(11)9(6)10(14)15-2/h3-5H,12H2,1-2H3. The molecule has 0 radical (unpaired) electrons. The van der Waals surface area contributed by atoms with Crippen molar-refractivity contribution in [1.82, 2.24) is 0 Å². The zero-order valence-corrected chi connectivity index (χ0v) is 9.21. The van der Waals surface area contributed by atoms with E-state index in [1.807, 2.05) is 0 Å². The van der Waals surface area contributed by atoms with Crippen LogP contribution in [0.3, 0.4) is 0 Å². The number of halogens is 1. The summed E-state index contributed by atoms with van der Waals surface area (Å²) in [4.78, 5) is 15.3. The third-order valence-electron chi connectivity index (χ3n) is 1.88. The number of nitrogen functional groups attached to an aromatic ring is 1. The number of ether oxygens (including phenoxy) is 1. The first-order chi connectivity index (χ1) is 7.11. The summed E-state index contributed by atoms with van der Waals surface area (Å²) in [7, 11) is 2.87. The lowest BCUT2D eigenvalue weighted by molar-refractivity contribution is 0.0601. The van der Waals surface area contributed by atoms with E-state index in [9.17, 15) is 4.79 Å². The molecule has 0 aromatic heterocycles. The quantitative estimate of drug-likeness (QED) is 0.475. The van der Waals surface area contributed by atoms with E-state index in [1.54, 1.807) is 19.2 Å². The van der Waals surface area contributed by atoms with Crippen LogP contribution in [-0.4, -0.2) is 26.3 Å². The third-order valence-corrected chi connectivity index (χ3v) is 2.19. The zero-order valence-electron chi connectivity index (χ0n) is 8.45. The van der Waals surface area contributed by atoms with Crippen molar-refractivity contribution in [1.29, 1.82) is 0 Å². The molecule has 2 N–H and O–H groups in total. The highest BCUT2D eigenvalue weighted by Crippen LogP contribution is 2.24. The van der Waals surface area contributed by atoms with Crippen molar-refractivity contribution in [2.75, 3.05) is 19.9 Å². The Balaban J connectivity index is 3.44. The van der Waals surface area contributed by atoms with E-state index >= 15 is 0 Å². The Morgan fingerprint density at radius 1 is 1.60 bits per heavy atom. The first-order valence-corrected chi connectivity index (χ1v) is 4.58. The summed E-state index contributed by atoms with van der Waals surface area (Å²) in [5, 5.41) is 0.297. The van der Waals surface area contributed by atoms with Gasteiger partial charge in [-0.3, -0.25) is 4.99 Å². The van der Waals surface area contributed by atoms with Crippen LogP contribution in [0.4, 0.5) is 5.69 Å². The van der Waals surface area contributed by atoms with Crippen molar-refractivity contribution < 1.29 is 9.53 Å². The molecule has 0 heterocycles. The normalized spacial score (nSPS) is 10.6. The Morgan fingerprint density at radius 2 is 2.27 bits per heavy atom. The van der Waals surface area contributed by atoms with Crippen molar-refractivity contribution in [2.45, 2.75) is 0 Å². The molecular weight excluding hydrogens is 216 g/mol. The van der Waals surface area contributed by atoms with E-state index in [0.29, 0.717) is 16.3 Å². The first kappa shape index (κ1) is 11.5. The molecule has 0 spiro atoms. The molecule has 0 aliphatic carbocycles. The molecule has 0 aliphatic heterocycles. The second kappa shape index (κ2) is 4.79. The van der Waals surface area contributed by atoms with Gasteiger partial charge in [-0.05, 0) is 12.1 Å². The number of benzene rings is 1. The predicted molar refractivity (Wildman–Crippen MR) is 60.7 cm³/mol. The van der Waals surface area contributed by atoms with Gasteiger partial charge in [-0.2, -0.15) is 0 Å². The monoisotopic (exact) mass is 226 g/mol. The number of methoxy groups -OCH3 is 1. The number of nitrogens with zero attached hydrogens (tertiary/aromatic N) is 1. The number of carbonyl (C=O) groups is 1. The van der Waals surface area contributed by atoms with Crippen LogP contribution in [0.25, 0.3) is 0 Å². The number of esters is 1. The van der Waals surface area contributed by atoms with E-state index < -0.39 is 5.97 Å². The largest absolute Gasteiger partial charge is 0.465 e. The lowest BCUT2D eigenvalue weighted by Crippen LogP contribution is -2.09. The molecule has 0 bridgehead atoms. The SMILES string of the molecule is CN=Cc1c(N)ccc(Cl)c1C(=O)OC. The molecule has 0 aliphatic rings. The van der Waals surface area contributed by atoms with Crippen molar-refractivity contribution in [3.8, 4) is 0 Å². The summed E-state index contributed by atoms with van der Waals surface area (Å²) in [5.74, 6) is -0.526. The fraction of sp³-hybridized carbons (Fsp3) is 0.200. The average Bonchev–Trinajstić information content (AvgIpc) is 2.23. The van der Waals surface area contributed by atoms with Gasteiger partial charge in [0.05, 0.1) is 17.7 Å². The number of aliphatic imine (C=N–C) groups is 1. The van der Waals surface area contributed by atoms with Gasteiger partial charge in [0.2, 0.25) is 0 Å². The van der Waals surface area contributed by atoms with E-state index in [0.717, 1.165) is 0 Å². The minimum atomic E-state index is -0.526. The number of rotatable bonds is 2. The molecule has 1 aromatic rings. The maximum Gasteiger partial charge on any atom is 0.340 e. The van der Waals surface area contributed by atoms with Crippen LogP contribution in [0.15, 0.2) is 17.1 Å². The molecule has 0 saturated heterocycles. The van der Waals surface area contributed by atoms with Gasteiger partial charge in [-0.1, -0.05) is 11.6 Å². The number of hydrogen-bond acceptors (Lipinski definition) is 4. The van der Waals surface area contributed by atoms with Crippen LogP contribution >= 0.6 is 11.6 Å². The summed E-state index contributed by atoms with van der Waals surface area (Å²) < 4.78 is 4.62. The Hall–Kier alpha value is -1.55. The first-order valence-electron chi connectivity index (χ1n) is 4.20. The minimum absolute atomic E-state index is 0.241. The maximum absolute atomic E-state index is 11.5. The Labute approximate surface area is 92.7 Å². The lowest BCUT2D eigenvalue weighted by atomic mass is 10.1. The second-order valence-corrected chi connectivity index (χ2v) is 3.21. The van der Waals surface area contributed by atoms with Gasteiger partial charge in [0, 0.05) is 24.5 Å². The van der Waals surface area contributed by atoms with Crippen molar-refractivity contribution in [2.24, 2.45) is 4.99 Å². The van der Waals surface area contributed by atoms with Gasteiger partial charge in [0.1, 0.15) is 0 Å². The van der Waals surface area contributed by atoms with E-state index in [4.69, 9.17) is 17.3 Å². The van der Waals surface area contributed by atoms with Gasteiger partial charge in [-0.25, -0.2) is 4.79 Å². The number of nitrogens with two attached hydrogens (primary N) is 1. The summed E-state index contributed by atoms with van der Waals surface area (Å²) >= 11 is 5.89. The van der Waals surface area contributed by atoms with Crippen LogP contribution in [0.1, 0.15) is 15.9 Å². The molecule has 4 nitrogen and oxygen atoms in total. The molecule has 0 amide bonds. The van der Waals surface area contributed by atoms with Crippen LogP contribution in [0, 0.1) is 0 Å². The van der Waals surface area contributed by atoms with Gasteiger partial charge < -0.3 is 10.5 Å². The number of carbonyl (C=O) groups excluding carboxylic acids is 1. The van der Waals surface area contributed by atoms with E-state index in [1.165, 1.54) is 13.3 Å². The summed E-state index contributed by atoms with van der Waals surface area (Å²) in [6, 6.07) is 3.17. The van der Waals surface area contributed by atoms with E-state index in [-0.39, 0.29) is 5.56 Å². The topological polar surface area (TPSA) is 64.7 Å². The maximum atomic E-state index is 11.5. The number of anilines is 1. The van der Waals surface area contributed by atoms with Crippen molar-refractivity contribution >= 4 is 29.5 Å². The van der Waals surface area contributed by atoms with Crippen LogP contribution < -0.4 is 5.73 Å². The molecule has 0 unspecified atom stereocenters. The highest BCUT2D eigenvalue weighted by molar-refractivity contribution is 6.34. The molecule has 5 heteroatoms. The van der Waals surface area contributed by atoms with Crippen LogP contribution in [0.5, 0.6) is 0 Å². The van der Waals surface area contributed by atoms with Crippen molar-refractivity contribution in [3.05, 3.63) is 28.3 Å². The minimum Gasteiger partial charge on any atom is -0.465 e. The molecule has 1 rings (SSSR count). The highest BCUT2D eigenvalue weighted by Gasteiger charge is 2.17. The molecule has 0 fully saturated rings.